The Morgan fingerprint density at radius 2 is 1.81 bits per heavy atom. The van der Waals surface area contributed by atoms with Gasteiger partial charge in [-0.05, 0) is 91.0 Å². The van der Waals surface area contributed by atoms with Gasteiger partial charge in [0.05, 0.1) is 12.2 Å². The summed E-state index contributed by atoms with van der Waals surface area (Å²) in [5.74, 6) is -0.0785. The summed E-state index contributed by atoms with van der Waals surface area (Å²) < 4.78 is 3.09. The molecule has 0 aliphatic heterocycles. The van der Waals surface area contributed by atoms with E-state index in [2.05, 4.69) is 73.1 Å². The second kappa shape index (κ2) is 8.06. The van der Waals surface area contributed by atoms with Gasteiger partial charge in [0.25, 0.3) is 5.91 Å². The van der Waals surface area contributed by atoms with E-state index in [1.807, 2.05) is 36.4 Å². The Morgan fingerprint density at radius 3 is 2.52 bits per heavy atom. The summed E-state index contributed by atoms with van der Waals surface area (Å²) in [4.78, 5) is 12.3. The van der Waals surface area contributed by atoms with Crippen LogP contribution >= 0.6 is 67.8 Å². The molecule has 110 valence electrons. The summed E-state index contributed by atoms with van der Waals surface area (Å²) in [7, 11) is 0. The van der Waals surface area contributed by atoms with Crippen molar-refractivity contribution in [1.29, 1.82) is 0 Å². The molecule has 0 atom stereocenters. The summed E-state index contributed by atoms with van der Waals surface area (Å²) in [5, 5.41) is 12.1. The van der Waals surface area contributed by atoms with Gasteiger partial charge in [-0.3, -0.25) is 4.79 Å². The van der Waals surface area contributed by atoms with Crippen molar-refractivity contribution >= 4 is 73.7 Å². The van der Waals surface area contributed by atoms with Gasteiger partial charge in [0, 0.05) is 17.3 Å². The van der Waals surface area contributed by atoms with Crippen LogP contribution in [0.15, 0.2) is 36.4 Å². The number of hydrogen-bond donors (Lipinski definition) is 2. The zero-order chi connectivity index (χ0) is 15.4. The Kier molecular flexibility index (Phi) is 6.69. The number of amides is 1. The average molecular weight is 619 g/mol. The first kappa shape index (κ1) is 17.4. The SMILES string of the molecule is O=C(NCc1cccc(CO)c1)c1cc(I)cc(I)c1I. The molecule has 0 radical (unpaired) electrons. The Balaban J connectivity index is 2.11. The van der Waals surface area contributed by atoms with Crippen molar-refractivity contribution in [2.45, 2.75) is 13.2 Å². The third kappa shape index (κ3) is 4.76. The van der Waals surface area contributed by atoms with Crippen LogP contribution in [0.5, 0.6) is 0 Å². The van der Waals surface area contributed by atoms with Gasteiger partial charge in [0.15, 0.2) is 0 Å². The second-order valence-corrected chi connectivity index (χ2v) is 7.90. The van der Waals surface area contributed by atoms with E-state index in [1.165, 1.54) is 0 Å². The zero-order valence-corrected chi connectivity index (χ0v) is 17.3. The highest BCUT2D eigenvalue weighted by Gasteiger charge is 2.13. The molecule has 0 aromatic heterocycles. The first-order chi connectivity index (χ1) is 10.0. The summed E-state index contributed by atoms with van der Waals surface area (Å²) >= 11 is 6.65. The smallest absolute Gasteiger partial charge is 0.252 e. The van der Waals surface area contributed by atoms with Crippen LogP contribution in [0.1, 0.15) is 21.5 Å². The fraction of sp³-hybridized carbons (Fsp3) is 0.133. The second-order valence-electron chi connectivity index (χ2n) is 4.41. The average Bonchev–Trinajstić information content (AvgIpc) is 2.48. The van der Waals surface area contributed by atoms with E-state index in [0.717, 1.165) is 21.8 Å². The molecule has 0 heterocycles. The lowest BCUT2D eigenvalue weighted by Crippen LogP contribution is -2.24. The first-order valence-electron chi connectivity index (χ1n) is 6.12. The lowest BCUT2D eigenvalue weighted by atomic mass is 10.1. The molecule has 0 bridgehead atoms. The topological polar surface area (TPSA) is 49.3 Å². The van der Waals surface area contributed by atoms with Crippen molar-refractivity contribution in [3.8, 4) is 0 Å². The maximum atomic E-state index is 12.3. The molecule has 6 heteroatoms. The number of carbonyl (C=O) groups excluding carboxylic acids is 1. The van der Waals surface area contributed by atoms with Crippen molar-refractivity contribution in [3.63, 3.8) is 0 Å². The van der Waals surface area contributed by atoms with Gasteiger partial charge in [-0.15, -0.1) is 0 Å². The Labute approximate surface area is 164 Å². The van der Waals surface area contributed by atoms with Gasteiger partial charge in [0.1, 0.15) is 0 Å². The number of nitrogens with one attached hydrogen (secondary N) is 1. The predicted molar refractivity (Wildman–Crippen MR) is 108 cm³/mol. The number of halogens is 3. The molecule has 2 rings (SSSR count). The van der Waals surface area contributed by atoms with Gasteiger partial charge in [-0.2, -0.15) is 0 Å². The molecule has 2 aromatic rings. The van der Waals surface area contributed by atoms with Crippen molar-refractivity contribution < 1.29 is 9.90 Å². The molecule has 1 amide bonds. The Morgan fingerprint density at radius 1 is 1.10 bits per heavy atom. The Bertz CT molecular complexity index is 674. The number of aliphatic hydroxyl groups excluding tert-OH is 1. The lowest BCUT2D eigenvalue weighted by molar-refractivity contribution is 0.0950. The number of carbonyl (C=O) groups is 1. The summed E-state index contributed by atoms with van der Waals surface area (Å²) in [6, 6.07) is 11.5. The molecule has 3 nitrogen and oxygen atoms in total. The molecule has 0 saturated heterocycles. The van der Waals surface area contributed by atoms with Crippen LogP contribution in [0.3, 0.4) is 0 Å². The molecule has 21 heavy (non-hydrogen) atoms. The van der Waals surface area contributed by atoms with Crippen molar-refractivity contribution in [3.05, 3.63) is 63.8 Å². The fourth-order valence-corrected chi connectivity index (χ4v) is 4.24. The van der Waals surface area contributed by atoms with Gasteiger partial charge in [-0.25, -0.2) is 0 Å². The largest absolute Gasteiger partial charge is 0.392 e. The number of benzene rings is 2. The van der Waals surface area contributed by atoms with Crippen molar-refractivity contribution in [1.82, 2.24) is 5.32 Å². The molecule has 0 aliphatic carbocycles. The van der Waals surface area contributed by atoms with E-state index in [9.17, 15) is 4.79 Å². The van der Waals surface area contributed by atoms with Crippen LogP contribution in [0.4, 0.5) is 0 Å². The molecule has 0 spiro atoms. The maximum absolute atomic E-state index is 12.3. The van der Waals surface area contributed by atoms with Gasteiger partial charge in [0.2, 0.25) is 0 Å². The fourth-order valence-electron chi connectivity index (χ4n) is 1.84. The van der Waals surface area contributed by atoms with Crippen LogP contribution in [-0.4, -0.2) is 11.0 Å². The van der Waals surface area contributed by atoms with Crippen LogP contribution in [0.2, 0.25) is 0 Å². The molecular weight excluding hydrogens is 607 g/mol. The third-order valence-corrected chi connectivity index (χ3v) is 6.53. The van der Waals surface area contributed by atoms with E-state index < -0.39 is 0 Å². The zero-order valence-electron chi connectivity index (χ0n) is 10.9. The van der Waals surface area contributed by atoms with E-state index in [1.54, 1.807) is 0 Å². The molecule has 0 unspecified atom stereocenters. The van der Waals surface area contributed by atoms with Crippen molar-refractivity contribution in [2.75, 3.05) is 0 Å². The van der Waals surface area contributed by atoms with Crippen LogP contribution in [-0.2, 0) is 13.2 Å². The highest BCUT2D eigenvalue weighted by molar-refractivity contribution is 14.1. The molecule has 2 aromatic carbocycles. The maximum Gasteiger partial charge on any atom is 0.252 e. The molecule has 0 saturated carbocycles. The van der Waals surface area contributed by atoms with E-state index in [0.29, 0.717) is 12.1 Å². The van der Waals surface area contributed by atoms with E-state index >= 15 is 0 Å². The van der Waals surface area contributed by atoms with Gasteiger partial charge < -0.3 is 10.4 Å². The predicted octanol–water partition coefficient (Wildman–Crippen LogP) is 3.92. The normalized spacial score (nSPS) is 10.5. The lowest BCUT2D eigenvalue weighted by Gasteiger charge is -2.09. The highest BCUT2D eigenvalue weighted by atomic mass is 127. The number of aliphatic hydroxyl groups is 1. The van der Waals surface area contributed by atoms with Gasteiger partial charge >= 0.3 is 0 Å². The quantitative estimate of drug-likeness (QED) is 0.403. The monoisotopic (exact) mass is 619 g/mol. The standard InChI is InChI=1S/C15H12I3NO2/c16-11-5-12(14(18)13(17)6-11)15(21)19-7-9-2-1-3-10(4-9)8-20/h1-6,20H,7-8H2,(H,19,21). The summed E-state index contributed by atoms with van der Waals surface area (Å²) in [6.45, 7) is 0.458. The summed E-state index contributed by atoms with van der Waals surface area (Å²) in [6.07, 6.45) is 0. The molecular formula is C15H12I3NO2. The van der Waals surface area contributed by atoms with Crippen LogP contribution < -0.4 is 5.32 Å². The molecule has 0 fully saturated rings. The molecule has 2 N–H and O–H groups in total. The first-order valence-corrected chi connectivity index (χ1v) is 9.36. The highest BCUT2D eigenvalue weighted by Crippen LogP contribution is 2.22. The summed E-state index contributed by atoms with van der Waals surface area (Å²) in [5.41, 5.74) is 2.52. The minimum absolute atomic E-state index is 0.00869. The minimum atomic E-state index is -0.0785. The van der Waals surface area contributed by atoms with Crippen LogP contribution in [0, 0.1) is 10.7 Å². The van der Waals surface area contributed by atoms with Crippen molar-refractivity contribution in [2.24, 2.45) is 0 Å². The Hall–Kier alpha value is 0.0600. The molecule has 0 aliphatic rings. The van der Waals surface area contributed by atoms with Gasteiger partial charge in [-0.1, -0.05) is 24.3 Å². The third-order valence-electron chi connectivity index (χ3n) is 2.86. The number of rotatable bonds is 4. The minimum Gasteiger partial charge on any atom is -0.392 e. The number of hydrogen-bond acceptors (Lipinski definition) is 2. The van der Waals surface area contributed by atoms with E-state index in [-0.39, 0.29) is 12.5 Å². The van der Waals surface area contributed by atoms with E-state index in [4.69, 9.17) is 5.11 Å². The van der Waals surface area contributed by atoms with Crippen LogP contribution in [0.25, 0.3) is 0 Å².